The Kier molecular flexibility index (Phi) is 5.23. The average molecular weight is 323 g/mol. The fraction of sp³-hybridized carbons (Fsp3) is 0.263. The molecular formula is C19H21N3O2. The lowest BCUT2D eigenvalue weighted by Crippen LogP contribution is -2.46. The molecule has 1 saturated heterocycles. The van der Waals surface area contributed by atoms with Crippen molar-refractivity contribution in [1.29, 1.82) is 0 Å². The lowest BCUT2D eigenvalue weighted by molar-refractivity contribution is -0.384. The van der Waals surface area contributed by atoms with Gasteiger partial charge in [0.25, 0.3) is 5.69 Å². The molecule has 1 heterocycles. The maximum Gasteiger partial charge on any atom is 0.269 e. The maximum atomic E-state index is 10.7. The summed E-state index contributed by atoms with van der Waals surface area (Å²) >= 11 is 0. The molecule has 24 heavy (non-hydrogen) atoms. The number of nitro groups is 1. The van der Waals surface area contributed by atoms with E-state index in [-0.39, 0.29) is 10.6 Å². The number of non-ortho nitro benzene ring substituents is 1. The van der Waals surface area contributed by atoms with Gasteiger partial charge in [0.1, 0.15) is 0 Å². The normalized spacial score (nSPS) is 15.8. The van der Waals surface area contributed by atoms with Gasteiger partial charge in [-0.05, 0) is 17.7 Å². The summed E-state index contributed by atoms with van der Waals surface area (Å²) in [5.74, 6) is 0. The summed E-state index contributed by atoms with van der Waals surface area (Å²) in [6.07, 6.45) is 4.36. The Balaban J connectivity index is 1.48. The van der Waals surface area contributed by atoms with E-state index in [1.807, 2.05) is 30.3 Å². The zero-order valence-corrected chi connectivity index (χ0v) is 13.5. The highest BCUT2D eigenvalue weighted by Gasteiger charge is 2.16. The molecule has 0 aliphatic carbocycles. The Bertz CT molecular complexity index is 690. The van der Waals surface area contributed by atoms with Crippen LogP contribution in [0.3, 0.4) is 0 Å². The van der Waals surface area contributed by atoms with Gasteiger partial charge >= 0.3 is 0 Å². The van der Waals surface area contributed by atoms with Crippen LogP contribution in [0, 0.1) is 10.1 Å². The standard InChI is InChI=1S/C19H21N3O2/c23-22(24)19-10-8-18(9-11-19)21-15-13-20(14-16-21)12-4-7-17-5-2-1-3-6-17/h1-11H,12-16H2/b7-4+. The van der Waals surface area contributed by atoms with Crippen molar-refractivity contribution < 1.29 is 4.92 Å². The van der Waals surface area contributed by atoms with Gasteiger partial charge in [0.05, 0.1) is 4.92 Å². The molecule has 0 spiro atoms. The van der Waals surface area contributed by atoms with Crippen LogP contribution in [0.5, 0.6) is 0 Å². The smallest absolute Gasteiger partial charge is 0.269 e. The number of hydrogen-bond donors (Lipinski definition) is 0. The van der Waals surface area contributed by atoms with Crippen LogP contribution < -0.4 is 4.90 Å². The fourth-order valence-corrected chi connectivity index (χ4v) is 2.88. The molecule has 2 aromatic carbocycles. The molecule has 5 heteroatoms. The van der Waals surface area contributed by atoms with Crippen molar-refractivity contribution in [3.8, 4) is 0 Å². The van der Waals surface area contributed by atoms with Crippen molar-refractivity contribution in [2.75, 3.05) is 37.6 Å². The van der Waals surface area contributed by atoms with Crippen molar-refractivity contribution >= 4 is 17.5 Å². The SMILES string of the molecule is O=[N+]([O-])c1ccc(N2CCN(C/C=C/c3ccccc3)CC2)cc1. The van der Waals surface area contributed by atoms with Gasteiger partial charge < -0.3 is 4.90 Å². The van der Waals surface area contributed by atoms with Gasteiger partial charge in [0.15, 0.2) is 0 Å². The van der Waals surface area contributed by atoms with E-state index >= 15 is 0 Å². The van der Waals surface area contributed by atoms with Crippen LogP contribution in [0.15, 0.2) is 60.7 Å². The highest BCUT2D eigenvalue weighted by atomic mass is 16.6. The van der Waals surface area contributed by atoms with E-state index in [1.54, 1.807) is 12.1 Å². The number of anilines is 1. The van der Waals surface area contributed by atoms with Gasteiger partial charge in [-0.25, -0.2) is 0 Å². The highest BCUT2D eigenvalue weighted by Crippen LogP contribution is 2.20. The maximum absolute atomic E-state index is 10.7. The fourth-order valence-electron chi connectivity index (χ4n) is 2.88. The van der Waals surface area contributed by atoms with Crippen molar-refractivity contribution in [1.82, 2.24) is 4.90 Å². The van der Waals surface area contributed by atoms with E-state index in [4.69, 9.17) is 0 Å². The van der Waals surface area contributed by atoms with E-state index in [1.165, 1.54) is 5.56 Å². The molecule has 0 radical (unpaired) electrons. The molecule has 0 saturated carbocycles. The van der Waals surface area contributed by atoms with Gasteiger partial charge in [-0.3, -0.25) is 15.0 Å². The van der Waals surface area contributed by atoms with Crippen molar-refractivity contribution in [3.63, 3.8) is 0 Å². The number of hydrogen-bond acceptors (Lipinski definition) is 4. The molecule has 2 aromatic rings. The van der Waals surface area contributed by atoms with Crippen LogP contribution in [-0.2, 0) is 0 Å². The first-order chi connectivity index (χ1) is 11.7. The van der Waals surface area contributed by atoms with Gasteiger partial charge in [-0.15, -0.1) is 0 Å². The second-order valence-electron chi connectivity index (χ2n) is 5.87. The molecule has 124 valence electrons. The predicted octanol–water partition coefficient (Wildman–Crippen LogP) is 3.43. The van der Waals surface area contributed by atoms with Gasteiger partial charge in [0.2, 0.25) is 0 Å². The summed E-state index contributed by atoms with van der Waals surface area (Å²) in [6, 6.07) is 17.1. The van der Waals surface area contributed by atoms with E-state index in [0.717, 1.165) is 38.4 Å². The van der Waals surface area contributed by atoms with Crippen LogP contribution in [-0.4, -0.2) is 42.5 Å². The number of rotatable bonds is 5. The quantitative estimate of drug-likeness (QED) is 0.625. The highest BCUT2D eigenvalue weighted by molar-refractivity contribution is 5.51. The van der Waals surface area contributed by atoms with Crippen LogP contribution in [0.25, 0.3) is 6.08 Å². The zero-order chi connectivity index (χ0) is 16.8. The third-order valence-electron chi connectivity index (χ3n) is 4.27. The van der Waals surface area contributed by atoms with Gasteiger partial charge in [-0.2, -0.15) is 0 Å². The molecule has 0 N–H and O–H groups in total. The van der Waals surface area contributed by atoms with E-state index in [0.29, 0.717) is 0 Å². The van der Waals surface area contributed by atoms with E-state index in [2.05, 4.69) is 34.1 Å². The molecule has 5 nitrogen and oxygen atoms in total. The third kappa shape index (κ3) is 4.20. The molecule has 0 amide bonds. The molecule has 0 aromatic heterocycles. The second-order valence-corrected chi connectivity index (χ2v) is 5.87. The Morgan fingerprint density at radius 3 is 2.25 bits per heavy atom. The summed E-state index contributed by atoms with van der Waals surface area (Å²) in [5.41, 5.74) is 2.42. The molecule has 1 aliphatic heterocycles. The summed E-state index contributed by atoms with van der Waals surface area (Å²) in [5, 5.41) is 10.7. The average Bonchev–Trinajstić information content (AvgIpc) is 2.63. The lowest BCUT2D eigenvalue weighted by Gasteiger charge is -2.35. The molecule has 0 unspecified atom stereocenters. The lowest BCUT2D eigenvalue weighted by atomic mass is 10.2. The monoisotopic (exact) mass is 323 g/mol. The molecule has 3 rings (SSSR count). The number of benzene rings is 2. The first-order valence-electron chi connectivity index (χ1n) is 8.16. The van der Waals surface area contributed by atoms with Crippen LogP contribution in [0.1, 0.15) is 5.56 Å². The topological polar surface area (TPSA) is 49.6 Å². The van der Waals surface area contributed by atoms with Crippen molar-refractivity contribution in [2.24, 2.45) is 0 Å². The summed E-state index contributed by atoms with van der Waals surface area (Å²) in [6.45, 7) is 4.82. The van der Waals surface area contributed by atoms with E-state index in [9.17, 15) is 10.1 Å². The summed E-state index contributed by atoms with van der Waals surface area (Å²) in [7, 11) is 0. The molecule has 1 aliphatic rings. The molecule has 1 fully saturated rings. The third-order valence-corrected chi connectivity index (χ3v) is 4.27. The minimum absolute atomic E-state index is 0.142. The van der Waals surface area contributed by atoms with Gasteiger partial charge in [-0.1, -0.05) is 42.5 Å². The Labute approximate surface area is 142 Å². The molecule has 0 atom stereocenters. The number of piperazine rings is 1. The zero-order valence-electron chi connectivity index (χ0n) is 13.5. The summed E-state index contributed by atoms with van der Waals surface area (Å²) in [4.78, 5) is 15.0. The van der Waals surface area contributed by atoms with Crippen LogP contribution in [0.4, 0.5) is 11.4 Å². The predicted molar refractivity (Wildman–Crippen MR) is 97.2 cm³/mol. The van der Waals surface area contributed by atoms with Crippen LogP contribution >= 0.6 is 0 Å². The first-order valence-corrected chi connectivity index (χ1v) is 8.16. The number of nitrogens with zero attached hydrogens (tertiary/aromatic N) is 3. The van der Waals surface area contributed by atoms with Crippen LogP contribution in [0.2, 0.25) is 0 Å². The second kappa shape index (κ2) is 7.75. The largest absolute Gasteiger partial charge is 0.369 e. The minimum atomic E-state index is -0.360. The summed E-state index contributed by atoms with van der Waals surface area (Å²) < 4.78 is 0. The Morgan fingerprint density at radius 2 is 1.62 bits per heavy atom. The minimum Gasteiger partial charge on any atom is -0.369 e. The van der Waals surface area contributed by atoms with E-state index < -0.39 is 0 Å². The Hall–Kier alpha value is -2.66. The first kappa shape index (κ1) is 16.2. The number of nitro benzene ring substituents is 1. The van der Waals surface area contributed by atoms with Gasteiger partial charge in [0, 0.05) is 50.5 Å². The molecular weight excluding hydrogens is 302 g/mol. The van der Waals surface area contributed by atoms with Crippen molar-refractivity contribution in [3.05, 3.63) is 76.4 Å². The molecule has 0 bridgehead atoms. The van der Waals surface area contributed by atoms with Crippen molar-refractivity contribution in [2.45, 2.75) is 0 Å². The Morgan fingerprint density at radius 1 is 0.958 bits per heavy atom.